The first-order valence-corrected chi connectivity index (χ1v) is 13.4. The van der Waals surface area contributed by atoms with E-state index in [1.165, 1.54) is 0 Å². The molecule has 34 heavy (non-hydrogen) atoms. The number of nitrogens with zero attached hydrogens (tertiary/aromatic N) is 2. The second kappa shape index (κ2) is 9.72. The molecule has 5 rings (SSSR count). The fourth-order valence-corrected chi connectivity index (χ4v) is 6.91. The Hall–Kier alpha value is -2.35. The van der Waals surface area contributed by atoms with Crippen LogP contribution in [0.2, 0.25) is 5.02 Å². The van der Waals surface area contributed by atoms with Gasteiger partial charge >= 0.3 is 0 Å². The third-order valence-electron chi connectivity index (χ3n) is 6.30. The summed E-state index contributed by atoms with van der Waals surface area (Å²) in [5.74, 6) is -1.46. The van der Waals surface area contributed by atoms with Gasteiger partial charge in [-0.05, 0) is 43.5 Å². The maximum absolute atomic E-state index is 14.4. The van der Waals surface area contributed by atoms with Crippen molar-refractivity contribution >= 4 is 50.3 Å². The number of amides is 1. The molecule has 176 valence electrons. The summed E-state index contributed by atoms with van der Waals surface area (Å²) in [6.07, 6.45) is 5.06. The summed E-state index contributed by atoms with van der Waals surface area (Å²) >= 11 is 8.99. The predicted molar refractivity (Wildman–Crippen MR) is 136 cm³/mol. The van der Waals surface area contributed by atoms with E-state index in [2.05, 4.69) is 11.1 Å². The fourth-order valence-electron chi connectivity index (χ4n) is 4.61. The van der Waals surface area contributed by atoms with Crippen molar-refractivity contribution in [2.45, 2.75) is 51.6 Å². The van der Waals surface area contributed by atoms with Gasteiger partial charge in [0.1, 0.15) is 21.5 Å². The number of aromatic nitrogens is 1. The molecule has 2 aromatic heterocycles. The van der Waals surface area contributed by atoms with Crippen molar-refractivity contribution in [1.29, 1.82) is 0 Å². The van der Waals surface area contributed by atoms with E-state index in [0.29, 0.717) is 6.54 Å². The molecule has 8 heteroatoms. The summed E-state index contributed by atoms with van der Waals surface area (Å²) in [6, 6.07) is 10.2. The van der Waals surface area contributed by atoms with E-state index in [1.807, 2.05) is 35.4 Å². The number of halogens is 3. The highest BCUT2D eigenvalue weighted by Gasteiger charge is 2.31. The van der Waals surface area contributed by atoms with E-state index in [4.69, 9.17) is 11.6 Å². The van der Waals surface area contributed by atoms with Crippen LogP contribution in [0, 0.1) is 18.6 Å². The van der Waals surface area contributed by atoms with Crippen LogP contribution in [0.1, 0.15) is 53.0 Å². The second-order valence-electron chi connectivity index (χ2n) is 8.70. The number of fused-ring (bicyclic) bond motifs is 1. The monoisotopic (exact) mass is 516 g/mol. The zero-order valence-electron chi connectivity index (χ0n) is 18.6. The zero-order valence-corrected chi connectivity index (χ0v) is 21.0. The molecule has 0 atom stereocenters. The zero-order chi connectivity index (χ0) is 23.8. The number of thiazole rings is 1. The molecule has 2 heterocycles. The largest absolute Gasteiger partial charge is 0.331 e. The van der Waals surface area contributed by atoms with Crippen LogP contribution in [0.4, 0.5) is 8.78 Å². The lowest BCUT2D eigenvalue weighted by Gasteiger charge is -2.34. The minimum absolute atomic E-state index is 0.00480. The Balaban J connectivity index is 1.52. The number of hydrogen-bond acceptors (Lipinski definition) is 4. The molecule has 4 aromatic rings. The lowest BCUT2D eigenvalue weighted by atomic mass is 9.93. The van der Waals surface area contributed by atoms with Gasteiger partial charge in [0, 0.05) is 29.2 Å². The highest BCUT2D eigenvalue weighted by atomic mass is 35.5. The van der Waals surface area contributed by atoms with Crippen molar-refractivity contribution in [2.75, 3.05) is 0 Å². The van der Waals surface area contributed by atoms with Crippen molar-refractivity contribution in [2.24, 2.45) is 0 Å². The summed E-state index contributed by atoms with van der Waals surface area (Å²) < 4.78 is 28.9. The minimum Gasteiger partial charge on any atom is -0.331 e. The van der Waals surface area contributed by atoms with E-state index >= 15 is 0 Å². The van der Waals surface area contributed by atoms with E-state index in [9.17, 15) is 13.6 Å². The first-order valence-electron chi connectivity index (χ1n) is 11.3. The number of hydrogen-bond donors (Lipinski definition) is 0. The summed E-state index contributed by atoms with van der Waals surface area (Å²) in [4.78, 5) is 20.4. The van der Waals surface area contributed by atoms with Crippen LogP contribution >= 0.6 is 34.3 Å². The third kappa shape index (κ3) is 4.49. The van der Waals surface area contributed by atoms with Gasteiger partial charge in [0.05, 0.1) is 15.1 Å². The number of carbonyl (C=O) groups excluding carboxylic acids is 1. The SMILES string of the molecule is Cc1csc(-c2cccc(CN(C(=O)c3sc4c(F)ccc(F)c4c3Cl)C3CCCCC3)c2)n1. The van der Waals surface area contributed by atoms with Crippen LogP contribution in [0.25, 0.3) is 20.7 Å². The Morgan fingerprint density at radius 1 is 1.15 bits per heavy atom. The van der Waals surface area contributed by atoms with Gasteiger partial charge in [-0.1, -0.05) is 49.1 Å². The van der Waals surface area contributed by atoms with E-state index < -0.39 is 11.6 Å². The molecule has 1 amide bonds. The molecular weight excluding hydrogens is 494 g/mol. The van der Waals surface area contributed by atoms with Crippen molar-refractivity contribution in [3.8, 4) is 10.6 Å². The number of carbonyl (C=O) groups is 1. The van der Waals surface area contributed by atoms with Gasteiger partial charge in [0.2, 0.25) is 0 Å². The summed E-state index contributed by atoms with van der Waals surface area (Å²) in [5, 5.41) is 2.93. The average molecular weight is 517 g/mol. The van der Waals surface area contributed by atoms with E-state index in [0.717, 1.165) is 77.4 Å². The normalized spacial score (nSPS) is 14.6. The van der Waals surface area contributed by atoms with Crippen LogP contribution < -0.4 is 0 Å². The van der Waals surface area contributed by atoms with E-state index in [1.54, 1.807) is 11.3 Å². The average Bonchev–Trinajstić information content (AvgIpc) is 3.44. The topological polar surface area (TPSA) is 33.2 Å². The number of thiophene rings is 1. The Kier molecular flexibility index (Phi) is 6.69. The molecule has 0 radical (unpaired) electrons. The molecule has 0 bridgehead atoms. The standard InChI is InChI=1S/C26H23ClF2N2OS2/c1-15-14-33-25(30-15)17-7-5-6-16(12-17)13-31(18-8-3-2-4-9-18)26(32)24-22(27)21-19(28)10-11-20(29)23(21)34-24/h5-7,10-12,14,18H,2-4,8-9,13H2,1H3. The first-order chi connectivity index (χ1) is 16.4. The molecular formula is C26H23ClF2N2OS2. The van der Waals surface area contributed by atoms with Gasteiger partial charge in [-0.15, -0.1) is 22.7 Å². The first kappa shape index (κ1) is 23.4. The predicted octanol–water partition coefficient (Wildman–Crippen LogP) is 8.24. The Bertz CT molecular complexity index is 1360. The summed E-state index contributed by atoms with van der Waals surface area (Å²) in [7, 11) is 0. The highest BCUT2D eigenvalue weighted by Crippen LogP contribution is 2.40. The molecule has 1 aliphatic carbocycles. The Morgan fingerprint density at radius 2 is 1.91 bits per heavy atom. The third-order valence-corrected chi connectivity index (χ3v) is 8.98. The fraction of sp³-hybridized carbons (Fsp3) is 0.308. The molecule has 0 spiro atoms. The van der Waals surface area contributed by atoms with Crippen LogP contribution in [-0.4, -0.2) is 21.8 Å². The van der Waals surface area contributed by atoms with Crippen molar-refractivity contribution in [1.82, 2.24) is 9.88 Å². The lowest BCUT2D eigenvalue weighted by Crippen LogP contribution is -2.40. The summed E-state index contributed by atoms with van der Waals surface area (Å²) in [5.41, 5.74) is 2.97. The maximum atomic E-state index is 14.4. The van der Waals surface area contributed by atoms with Gasteiger partial charge in [-0.3, -0.25) is 4.79 Å². The van der Waals surface area contributed by atoms with Gasteiger partial charge in [0.15, 0.2) is 0 Å². The lowest BCUT2D eigenvalue weighted by molar-refractivity contribution is 0.0619. The number of benzene rings is 2. The Morgan fingerprint density at radius 3 is 2.62 bits per heavy atom. The van der Waals surface area contributed by atoms with Crippen LogP contribution in [-0.2, 0) is 6.54 Å². The van der Waals surface area contributed by atoms with Gasteiger partial charge in [-0.25, -0.2) is 13.8 Å². The maximum Gasteiger partial charge on any atom is 0.266 e. The number of aryl methyl sites for hydroxylation is 1. The van der Waals surface area contributed by atoms with Crippen LogP contribution in [0.5, 0.6) is 0 Å². The minimum atomic E-state index is -0.618. The summed E-state index contributed by atoms with van der Waals surface area (Å²) in [6.45, 7) is 2.37. The van der Waals surface area contributed by atoms with Gasteiger partial charge in [-0.2, -0.15) is 0 Å². The smallest absolute Gasteiger partial charge is 0.266 e. The molecule has 0 aliphatic heterocycles. The molecule has 0 N–H and O–H groups in total. The molecule has 1 aliphatic rings. The molecule has 0 unspecified atom stereocenters. The highest BCUT2D eigenvalue weighted by molar-refractivity contribution is 7.21. The van der Waals surface area contributed by atoms with Crippen molar-refractivity contribution in [3.63, 3.8) is 0 Å². The quantitative estimate of drug-likeness (QED) is 0.267. The molecule has 1 saturated carbocycles. The van der Waals surface area contributed by atoms with Gasteiger partial charge in [0.25, 0.3) is 5.91 Å². The van der Waals surface area contributed by atoms with Crippen LogP contribution in [0.3, 0.4) is 0 Å². The number of rotatable bonds is 5. The second-order valence-corrected chi connectivity index (χ2v) is 11.0. The van der Waals surface area contributed by atoms with Gasteiger partial charge < -0.3 is 4.90 Å². The molecule has 2 aromatic carbocycles. The van der Waals surface area contributed by atoms with Crippen LogP contribution in [0.15, 0.2) is 41.8 Å². The van der Waals surface area contributed by atoms with E-state index in [-0.39, 0.29) is 31.9 Å². The van der Waals surface area contributed by atoms with Crippen molar-refractivity contribution in [3.05, 3.63) is 74.6 Å². The Labute approximate surface area is 210 Å². The molecule has 1 fully saturated rings. The molecule has 3 nitrogen and oxygen atoms in total. The van der Waals surface area contributed by atoms with Crippen molar-refractivity contribution < 1.29 is 13.6 Å². The molecule has 0 saturated heterocycles.